The van der Waals surface area contributed by atoms with E-state index in [1.54, 1.807) is 12.1 Å². The van der Waals surface area contributed by atoms with Crippen LogP contribution in [0, 0.1) is 5.82 Å². The number of para-hydroxylation sites is 1. The summed E-state index contributed by atoms with van der Waals surface area (Å²) in [6, 6.07) is 8.64. The van der Waals surface area contributed by atoms with Gasteiger partial charge in [0.25, 0.3) is 0 Å². The molecule has 20 heavy (non-hydrogen) atoms. The molecule has 3 aromatic rings. The lowest BCUT2D eigenvalue weighted by Gasteiger charge is -1.98. The van der Waals surface area contributed by atoms with E-state index in [9.17, 15) is 9.18 Å². The van der Waals surface area contributed by atoms with Gasteiger partial charge in [0.1, 0.15) is 16.9 Å². The first-order chi connectivity index (χ1) is 9.56. The molecule has 1 N–H and O–H groups in total. The number of rotatable bonds is 2. The maximum atomic E-state index is 13.8. The van der Waals surface area contributed by atoms with Crippen molar-refractivity contribution >= 4 is 28.7 Å². The second kappa shape index (κ2) is 4.61. The molecule has 1 heterocycles. The molecule has 6 heteroatoms. The molecular formula is C14H7ClFNO3. The molecular weight excluding hydrogens is 285 g/mol. The number of hydrogen-bond acceptors (Lipinski definition) is 3. The Balaban J connectivity index is 2.23. The van der Waals surface area contributed by atoms with E-state index in [-0.39, 0.29) is 27.6 Å². The first-order valence-corrected chi connectivity index (χ1v) is 6.02. The number of nitrogens with zero attached hydrogens (tertiary/aromatic N) is 1. The SMILES string of the molecule is O=C(O)c1cccc2nc(-c3ccc(Cl)cc3F)oc12. The van der Waals surface area contributed by atoms with E-state index in [4.69, 9.17) is 21.1 Å². The van der Waals surface area contributed by atoms with Gasteiger partial charge in [0.15, 0.2) is 5.58 Å². The number of fused-ring (bicyclic) bond motifs is 1. The zero-order valence-electron chi connectivity index (χ0n) is 9.93. The number of carboxylic acid groups (broad SMARTS) is 1. The number of hydrogen-bond donors (Lipinski definition) is 1. The fraction of sp³-hybridized carbons (Fsp3) is 0. The van der Waals surface area contributed by atoms with Crippen LogP contribution in [0.15, 0.2) is 40.8 Å². The molecule has 100 valence electrons. The molecule has 0 aliphatic carbocycles. The number of benzene rings is 2. The molecule has 0 bridgehead atoms. The van der Waals surface area contributed by atoms with Gasteiger partial charge in [0, 0.05) is 5.02 Å². The quantitative estimate of drug-likeness (QED) is 0.775. The summed E-state index contributed by atoms with van der Waals surface area (Å²) in [4.78, 5) is 15.2. The Hall–Kier alpha value is -2.40. The average Bonchev–Trinajstić information content (AvgIpc) is 2.81. The third-order valence-electron chi connectivity index (χ3n) is 2.81. The highest BCUT2D eigenvalue weighted by molar-refractivity contribution is 6.30. The summed E-state index contributed by atoms with van der Waals surface area (Å²) in [6.07, 6.45) is 0. The predicted molar refractivity (Wildman–Crippen MR) is 71.4 cm³/mol. The van der Waals surface area contributed by atoms with Gasteiger partial charge in [-0.15, -0.1) is 0 Å². The van der Waals surface area contributed by atoms with Crippen LogP contribution >= 0.6 is 11.6 Å². The average molecular weight is 292 g/mol. The predicted octanol–water partition coefficient (Wildman–Crippen LogP) is 3.99. The van der Waals surface area contributed by atoms with Crippen LogP contribution in [0.3, 0.4) is 0 Å². The van der Waals surface area contributed by atoms with Gasteiger partial charge in [-0.25, -0.2) is 14.2 Å². The first kappa shape index (κ1) is 12.6. The first-order valence-electron chi connectivity index (χ1n) is 5.64. The summed E-state index contributed by atoms with van der Waals surface area (Å²) in [5.41, 5.74) is 0.580. The smallest absolute Gasteiger partial charge is 0.339 e. The molecule has 0 fully saturated rings. The largest absolute Gasteiger partial charge is 0.478 e. The van der Waals surface area contributed by atoms with Crippen LogP contribution in [0.4, 0.5) is 4.39 Å². The Morgan fingerprint density at radius 1 is 1.30 bits per heavy atom. The molecule has 0 amide bonds. The Morgan fingerprint density at radius 3 is 2.80 bits per heavy atom. The van der Waals surface area contributed by atoms with E-state index in [1.165, 1.54) is 18.2 Å². The highest BCUT2D eigenvalue weighted by Gasteiger charge is 2.17. The van der Waals surface area contributed by atoms with Crippen molar-refractivity contribution in [3.63, 3.8) is 0 Å². The maximum absolute atomic E-state index is 13.8. The van der Waals surface area contributed by atoms with E-state index >= 15 is 0 Å². The summed E-state index contributed by atoms with van der Waals surface area (Å²) >= 11 is 5.68. The van der Waals surface area contributed by atoms with Crippen LogP contribution in [0.5, 0.6) is 0 Å². The molecule has 0 spiro atoms. The zero-order valence-corrected chi connectivity index (χ0v) is 10.7. The van der Waals surface area contributed by atoms with Crippen LogP contribution in [-0.4, -0.2) is 16.1 Å². The lowest BCUT2D eigenvalue weighted by molar-refractivity contribution is 0.0698. The van der Waals surface area contributed by atoms with Crippen LogP contribution in [0.25, 0.3) is 22.6 Å². The summed E-state index contributed by atoms with van der Waals surface area (Å²) in [5.74, 6) is -1.70. The third-order valence-corrected chi connectivity index (χ3v) is 3.04. The van der Waals surface area contributed by atoms with Crippen LogP contribution in [0.2, 0.25) is 5.02 Å². The standard InChI is InChI=1S/C14H7ClFNO3/c15-7-4-5-8(10(16)6-7)13-17-11-3-1-2-9(14(18)19)12(11)20-13/h1-6H,(H,18,19). The molecule has 1 aromatic heterocycles. The highest BCUT2D eigenvalue weighted by Crippen LogP contribution is 2.29. The summed E-state index contributed by atoms with van der Waals surface area (Å²) in [5, 5.41) is 9.33. The zero-order chi connectivity index (χ0) is 14.3. The van der Waals surface area contributed by atoms with Gasteiger partial charge in [-0.2, -0.15) is 0 Å². The van der Waals surface area contributed by atoms with E-state index in [1.807, 2.05) is 0 Å². The Labute approximate surface area is 117 Å². The minimum absolute atomic E-state index is 0.0165. The van der Waals surface area contributed by atoms with Crippen molar-refractivity contribution in [1.29, 1.82) is 0 Å². The molecule has 2 aromatic carbocycles. The molecule has 0 saturated heterocycles. The van der Waals surface area contributed by atoms with E-state index < -0.39 is 11.8 Å². The molecule has 4 nitrogen and oxygen atoms in total. The van der Waals surface area contributed by atoms with Gasteiger partial charge in [-0.05, 0) is 30.3 Å². The lowest BCUT2D eigenvalue weighted by Crippen LogP contribution is -1.95. The minimum Gasteiger partial charge on any atom is -0.478 e. The Bertz CT molecular complexity index is 828. The lowest BCUT2D eigenvalue weighted by atomic mass is 10.2. The molecule has 0 aliphatic heterocycles. The fourth-order valence-corrected chi connectivity index (χ4v) is 2.05. The van der Waals surface area contributed by atoms with Crippen molar-refractivity contribution in [1.82, 2.24) is 4.98 Å². The number of aromatic carboxylic acids is 1. The highest BCUT2D eigenvalue weighted by atomic mass is 35.5. The third kappa shape index (κ3) is 2.02. The normalized spacial score (nSPS) is 10.9. The monoisotopic (exact) mass is 291 g/mol. The van der Waals surface area contributed by atoms with Crippen molar-refractivity contribution in [2.24, 2.45) is 0 Å². The number of aromatic nitrogens is 1. The van der Waals surface area contributed by atoms with Crippen molar-refractivity contribution in [3.05, 3.63) is 52.8 Å². The van der Waals surface area contributed by atoms with Crippen LogP contribution in [-0.2, 0) is 0 Å². The topological polar surface area (TPSA) is 63.3 Å². The van der Waals surface area contributed by atoms with Gasteiger partial charge in [0.2, 0.25) is 5.89 Å². The van der Waals surface area contributed by atoms with E-state index in [0.29, 0.717) is 5.52 Å². The number of carbonyl (C=O) groups is 1. The van der Waals surface area contributed by atoms with Crippen molar-refractivity contribution in [3.8, 4) is 11.5 Å². The number of oxazole rings is 1. The minimum atomic E-state index is -1.13. The Kier molecular flexibility index (Phi) is 2.91. The fourth-order valence-electron chi connectivity index (χ4n) is 1.90. The van der Waals surface area contributed by atoms with Crippen molar-refractivity contribution in [2.75, 3.05) is 0 Å². The molecule has 3 rings (SSSR count). The van der Waals surface area contributed by atoms with Gasteiger partial charge in [-0.3, -0.25) is 0 Å². The summed E-state index contributed by atoms with van der Waals surface area (Å²) < 4.78 is 19.2. The molecule has 0 aliphatic rings. The molecule has 0 saturated carbocycles. The van der Waals surface area contributed by atoms with Crippen LogP contribution < -0.4 is 0 Å². The van der Waals surface area contributed by atoms with E-state index in [2.05, 4.69) is 4.98 Å². The van der Waals surface area contributed by atoms with E-state index in [0.717, 1.165) is 6.07 Å². The van der Waals surface area contributed by atoms with Crippen molar-refractivity contribution < 1.29 is 18.7 Å². The van der Waals surface area contributed by atoms with Gasteiger partial charge in [0.05, 0.1) is 5.56 Å². The maximum Gasteiger partial charge on any atom is 0.339 e. The van der Waals surface area contributed by atoms with Crippen molar-refractivity contribution in [2.45, 2.75) is 0 Å². The second-order valence-electron chi connectivity index (χ2n) is 4.10. The molecule has 0 atom stereocenters. The molecule has 0 radical (unpaired) electrons. The molecule has 0 unspecified atom stereocenters. The Morgan fingerprint density at radius 2 is 2.10 bits per heavy atom. The number of carboxylic acids is 1. The van der Waals surface area contributed by atoms with Crippen LogP contribution in [0.1, 0.15) is 10.4 Å². The van der Waals surface area contributed by atoms with Gasteiger partial charge in [-0.1, -0.05) is 17.7 Å². The van der Waals surface area contributed by atoms with Gasteiger partial charge >= 0.3 is 5.97 Å². The summed E-state index contributed by atoms with van der Waals surface area (Å²) in [6.45, 7) is 0. The number of halogens is 2. The second-order valence-corrected chi connectivity index (χ2v) is 4.54. The van der Waals surface area contributed by atoms with Gasteiger partial charge < -0.3 is 9.52 Å². The summed E-state index contributed by atoms with van der Waals surface area (Å²) in [7, 11) is 0.